The lowest BCUT2D eigenvalue weighted by atomic mass is 10.0. The highest BCUT2D eigenvalue weighted by Gasteiger charge is 2.45. The predicted molar refractivity (Wildman–Crippen MR) is 126 cm³/mol. The highest BCUT2D eigenvalue weighted by atomic mass is 32.2. The Hall–Kier alpha value is -3.57. The number of hydrogen-bond acceptors (Lipinski definition) is 6. The smallest absolute Gasteiger partial charge is 0.395 e. The lowest BCUT2D eigenvalue weighted by molar-refractivity contribution is -0.286. The third-order valence-electron chi connectivity index (χ3n) is 5.88. The molecule has 1 aliphatic rings. The monoisotopic (exact) mass is 500 g/mol. The number of H-pyrrole nitrogens is 1. The zero-order valence-electron chi connectivity index (χ0n) is 19.3. The first-order valence-electron chi connectivity index (χ1n) is 10.7. The number of aromatic nitrogens is 3. The topological polar surface area (TPSA) is 97.4 Å². The van der Waals surface area contributed by atoms with E-state index in [2.05, 4.69) is 19.9 Å². The van der Waals surface area contributed by atoms with Gasteiger partial charge in [0.2, 0.25) is 10.0 Å². The molecule has 182 valence electrons. The third kappa shape index (κ3) is 4.00. The van der Waals surface area contributed by atoms with E-state index >= 15 is 0 Å². The van der Waals surface area contributed by atoms with E-state index in [9.17, 15) is 17.2 Å². The molecule has 4 aromatic rings. The summed E-state index contributed by atoms with van der Waals surface area (Å²) in [5, 5.41) is 7.56. The Morgan fingerprint density at radius 3 is 2.51 bits per heavy atom. The number of ether oxygens (including phenoxy) is 2. The number of aromatic amines is 1. The summed E-state index contributed by atoms with van der Waals surface area (Å²) in [6.07, 6.45) is -2.18. The van der Waals surface area contributed by atoms with E-state index in [-0.39, 0.29) is 16.4 Å². The van der Waals surface area contributed by atoms with E-state index in [1.807, 2.05) is 20.8 Å². The Morgan fingerprint density at radius 1 is 1.03 bits per heavy atom. The molecule has 5 rings (SSSR count). The van der Waals surface area contributed by atoms with Gasteiger partial charge < -0.3 is 9.47 Å². The fourth-order valence-electron chi connectivity index (χ4n) is 3.78. The lowest BCUT2D eigenvalue weighted by Gasteiger charge is -2.31. The van der Waals surface area contributed by atoms with Gasteiger partial charge in [-0.3, -0.25) is 5.10 Å². The molecule has 35 heavy (non-hydrogen) atoms. The molecule has 0 unspecified atom stereocenters. The summed E-state index contributed by atoms with van der Waals surface area (Å²) in [5.41, 5.74) is 1.78. The molecule has 3 heterocycles. The van der Waals surface area contributed by atoms with Gasteiger partial charge in [-0.05, 0) is 56.7 Å². The normalized spacial score (nSPS) is 15.2. The summed E-state index contributed by atoms with van der Waals surface area (Å²) in [7, 11) is -2.19. The first-order chi connectivity index (χ1) is 16.4. The van der Waals surface area contributed by atoms with Crippen LogP contribution in [0.15, 0.2) is 59.6 Å². The Balaban J connectivity index is 1.59. The number of sulfonamides is 1. The highest BCUT2D eigenvalue weighted by Crippen LogP contribution is 2.47. The fourth-order valence-corrected chi connectivity index (χ4v) is 5.35. The Morgan fingerprint density at radius 2 is 1.77 bits per heavy atom. The fraction of sp³-hybridized carbons (Fsp3) is 0.250. The third-order valence-corrected chi connectivity index (χ3v) is 8.00. The average Bonchev–Trinajstić information content (AvgIpc) is 3.36. The van der Waals surface area contributed by atoms with Crippen LogP contribution in [0.5, 0.6) is 11.5 Å². The van der Waals surface area contributed by atoms with Crippen molar-refractivity contribution in [2.45, 2.75) is 37.5 Å². The van der Waals surface area contributed by atoms with E-state index in [0.29, 0.717) is 33.4 Å². The molecule has 11 heteroatoms. The van der Waals surface area contributed by atoms with Crippen LogP contribution in [0.2, 0.25) is 0 Å². The Kier molecular flexibility index (Phi) is 5.11. The number of halogens is 2. The van der Waals surface area contributed by atoms with Gasteiger partial charge in [0.15, 0.2) is 17.1 Å². The number of hydrogen-bond donors (Lipinski definition) is 1. The molecule has 0 saturated carbocycles. The van der Waals surface area contributed by atoms with Crippen LogP contribution in [0.25, 0.3) is 33.4 Å². The van der Waals surface area contributed by atoms with E-state index in [4.69, 9.17) is 4.74 Å². The molecule has 0 saturated heterocycles. The van der Waals surface area contributed by atoms with Crippen molar-refractivity contribution in [3.05, 3.63) is 54.7 Å². The zero-order chi connectivity index (χ0) is 25.2. The van der Waals surface area contributed by atoms with Crippen LogP contribution >= 0.6 is 0 Å². The summed E-state index contributed by atoms with van der Waals surface area (Å²) in [6, 6.07) is 12.9. The second-order valence-corrected chi connectivity index (χ2v) is 11.1. The molecular weight excluding hydrogens is 478 g/mol. The van der Waals surface area contributed by atoms with Crippen LogP contribution in [-0.2, 0) is 10.0 Å². The Labute approximate surface area is 200 Å². The predicted octanol–water partition coefficient (Wildman–Crippen LogP) is 5.03. The number of nitrogens with zero attached hydrogens (tertiary/aromatic N) is 3. The first kappa shape index (κ1) is 23.2. The summed E-state index contributed by atoms with van der Waals surface area (Å²) >= 11 is 0. The summed E-state index contributed by atoms with van der Waals surface area (Å²) in [4.78, 5) is 4.52. The van der Waals surface area contributed by atoms with Crippen molar-refractivity contribution in [1.82, 2.24) is 19.5 Å². The standard InChI is InChI=1S/C24H22F2N4O4S/c1-23(2,3)30(4)35(31,32)16-8-5-7-14(11-16)15-12-18-20(28-29-22(18)27-13-15)17-9-6-10-19-21(17)34-24(25,26)33-19/h5-13H,1-4H3,(H,27,28,29). The summed E-state index contributed by atoms with van der Waals surface area (Å²) in [5.74, 6) is -0.188. The number of pyridine rings is 1. The van der Waals surface area contributed by atoms with Gasteiger partial charge in [0.25, 0.3) is 0 Å². The molecule has 2 aromatic heterocycles. The van der Waals surface area contributed by atoms with Gasteiger partial charge in [0.1, 0.15) is 0 Å². The maximum atomic E-state index is 13.7. The Bertz CT molecular complexity index is 1560. The molecule has 2 aromatic carbocycles. The van der Waals surface area contributed by atoms with Crippen molar-refractivity contribution in [2.75, 3.05) is 7.05 Å². The number of nitrogens with one attached hydrogen (secondary N) is 1. The van der Waals surface area contributed by atoms with Gasteiger partial charge in [-0.25, -0.2) is 13.4 Å². The van der Waals surface area contributed by atoms with E-state index in [1.165, 1.54) is 10.4 Å². The van der Waals surface area contributed by atoms with Crippen molar-refractivity contribution in [2.24, 2.45) is 0 Å². The second-order valence-electron chi connectivity index (χ2n) is 9.17. The molecule has 0 radical (unpaired) electrons. The molecule has 0 amide bonds. The first-order valence-corrected chi connectivity index (χ1v) is 12.1. The van der Waals surface area contributed by atoms with E-state index in [1.54, 1.807) is 55.7 Å². The molecule has 0 spiro atoms. The van der Waals surface area contributed by atoms with E-state index < -0.39 is 21.9 Å². The molecule has 0 bridgehead atoms. The van der Waals surface area contributed by atoms with Crippen LogP contribution in [0.1, 0.15) is 20.8 Å². The molecule has 0 aliphatic carbocycles. The highest BCUT2D eigenvalue weighted by molar-refractivity contribution is 7.89. The van der Waals surface area contributed by atoms with Crippen molar-refractivity contribution in [1.29, 1.82) is 0 Å². The molecule has 0 atom stereocenters. The van der Waals surface area contributed by atoms with Crippen molar-refractivity contribution in [3.63, 3.8) is 0 Å². The minimum absolute atomic E-state index is 0.0831. The number of para-hydroxylation sites is 1. The van der Waals surface area contributed by atoms with Crippen molar-refractivity contribution < 1.29 is 26.7 Å². The minimum atomic E-state index is -3.76. The maximum absolute atomic E-state index is 13.7. The SMILES string of the molecule is CN(C(C)(C)C)S(=O)(=O)c1cccc(-c2cnc3n[nH]c(-c4cccc5c4OC(F)(F)O5)c3c2)c1. The zero-order valence-corrected chi connectivity index (χ0v) is 20.2. The van der Waals surface area contributed by atoms with Crippen molar-refractivity contribution >= 4 is 21.1 Å². The molecule has 8 nitrogen and oxygen atoms in total. The van der Waals surface area contributed by atoms with Crippen LogP contribution in [0, 0.1) is 0 Å². The summed E-state index contributed by atoms with van der Waals surface area (Å²) in [6.45, 7) is 5.45. The van der Waals surface area contributed by atoms with Gasteiger partial charge in [-0.1, -0.05) is 18.2 Å². The van der Waals surface area contributed by atoms with E-state index in [0.717, 1.165) is 0 Å². The average molecular weight is 501 g/mol. The van der Waals surface area contributed by atoms with Crippen LogP contribution in [-0.4, -0.2) is 46.8 Å². The second kappa shape index (κ2) is 7.72. The molecule has 0 fully saturated rings. The van der Waals surface area contributed by atoms with Gasteiger partial charge in [0.05, 0.1) is 10.6 Å². The molecule has 1 N–H and O–H groups in total. The van der Waals surface area contributed by atoms with Crippen LogP contribution in [0.3, 0.4) is 0 Å². The van der Waals surface area contributed by atoms with Gasteiger partial charge in [-0.2, -0.15) is 9.40 Å². The summed E-state index contributed by atoms with van der Waals surface area (Å²) < 4.78 is 64.3. The lowest BCUT2D eigenvalue weighted by Crippen LogP contribution is -2.42. The maximum Gasteiger partial charge on any atom is 0.586 e. The van der Waals surface area contributed by atoms with Gasteiger partial charge in [-0.15, -0.1) is 8.78 Å². The number of alkyl halides is 2. The number of fused-ring (bicyclic) bond motifs is 2. The van der Waals surface area contributed by atoms with Gasteiger partial charge >= 0.3 is 6.29 Å². The number of rotatable bonds is 4. The van der Waals surface area contributed by atoms with Crippen LogP contribution in [0.4, 0.5) is 8.78 Å². The number of benzene rings is 2. The quantitative estimate of drug-likeness (QED) is 0.422. The van der Waals surface area contributed by atoms with Gasteiger partial charge in [0, 0.05) is 35.3 Å². The molecular formula is C24H22F2N4O4S. The minimum Gasteiger partial charge on any atom is -0.395 e. The molecule has 1 aliphatic heterocycles. The van der Waals surface area contributed by atoms with Crippen LogP contribution < -0.4 is 9.47 Å². The van der Waals surface area contributed by atoms with Crippen molar-refractivity contribution in [3.8, 4) is 33.9 Å². The largest absolute Gasteiger partial charge is 0.586 e.